The van der Waals surface area contributed by atoms with Crippen molar-refractivity contribution in [2.45, 2.75) is 319 Å². The molecule has 0 spiro atoms. The molecular formula is C53H105NO10. The van der Waals surface area contributed by atoms with Crippen LogP contribution in [0.15, 0.2) is 0 Å². The normalized spacial score (nSPS) is 20.9. The molecule has 1 amide bonds. The van der Waals surface area contributed by atoms with Crippen LogP contribution in [-0.4, -0.2) is 110 Å². The number of carbonyl (C=O) groups is 1. The van der Waals surface area contributed by atoms with E-state index < -0.39 is 74.2 Å². The van der Waals surface area contributed by atoms with Crippen LogP contribution >= 0.6 is 0 Å². The van der Waals surface area contributed by atoms with Crippen LogP contribution in [0.5, 0.6) is 0 Å². The van der Waals surface area contributed by atoms with Crippen LogP contribution in [0.2, 0.25) is 0 Å². The second-order valence-corrected chi connectivity index (χ2v) is 19.7. The molecule has 1 rings (SSSR count). The van der Waals surface area contributed by atoms with Gasteiger partial charge in [0, 0.05) is 0 Å². The summed E-state index contributed by atoms with van der Waals surface area (Å²) in [7, 11) is 0. The van der Waals surface area contributed by atoms with Gasteiger partial charge in [-0.25, -0.2) is 0 Å². The van der Waals surface area contributed by atoms with Crippen molar-refractivity contribution in [3.63, 3.8) is 0 Å². The van der Waals surface area contributed by atoms with Gasteiger partial charge in [-0.1, -0.05) is 251 Å². The van der Waals surface area contributed by atoms with Gasteiger partial charge in [0.05, 0.1) is 25.4 Å². The van der Waals surface area contributed by atoms with E-state index in [-0.39, 0.29) is 6.42 Å². The maximum atomic E-state index is 13.1. The van der Waals surface area contributed by atoms with E-state index >= 15 is 0 Å². The van der Waals surface area contributed by atoms with E-state index in [2.05, 4.69) is 19.2 Å². The van der Waals surface area contributed by atoms with Crippen LogP contribution in [0.1, 0.15) is 264 Å². The first-order chi connectivity index (χ1) is 31.2. The van der Waals surface area contributed by atoms with Gasteiger partial charge in [0.15, 0.2) is 6.29 Å². The van der Waals surface area contributed by atoms with E-state index in [1.54, 1.807) is 0 Å². The maximum Gasteiger partial charge on any atom is 0.249 e. The maximum absolute atomic E-state index is 13.1. The van der Waals surface area contributed by atoms with Gasteiger partial charge in [-0.15, -0.1) is 0 Å². The average Bonchev–Trinajstić information content (AvgIpc) is 3.29. The Labute approximate surface area is 392 Å². The fraction of sp³-hybridized carbons (Fsp3) is 0.981. The van der Waals surface area contributed by atoms with E-state index in [0.717, 1.165) is 38.5 Å². The molecule has 0 radical (unpaired) electrons. The highest BCUT2D eigenvalue weighted by Crippen LogP contribution is 2.23. The van der Waals surface area contributed by atoms with Gasteiger partial charge >= 0.3 is 0 Å². The number of aliphatic hydroxyl groups is 7. The minimum absolute atomic E-state index is 0.267. The molecule has 1 aliphatic heterocycles. The Kier molecular flexibility index (Phi) is 41.4. The molecule has 1 fully saturated rings. The van der Waals surface area contributed by atoms with Gasteiger partial charge < -0.3 is 50.5 Å². The Morgan fingerprint density at radius 2 is 0.812 bits per heavy atom. The number of ether oxygens (including phenoxy) is 2. The van der Waals surface area contributed by atoms with Gasteiger partial charge in [-0.05, 0) is 12.8 Å². The molecule has 1 heterocycles. The van der Waals surface area contributed by atoms with Crippen molar-refractivity contribution < 1.29 is 50.0 Å². The quantitative estimate of drug-likeness (QED) is 0.0273. The molecule has 9 unspecified atom stereocenters. The predicted octanol–water partition coefficient (Wildman–Crippen LogP) is 10.6. The minimum Gasteiger partial charge on any atom is -0.394 e. The number of amides is 1. The van der Waals surface area contributed by atoms with Crippen LogP contribution in [0.4, 0.5) is 0 Å². The zero-order valence-corrected chi connectivity index (χ0v) is 41.5. The Balaban J connectivity index is 2.34. The number of hydrogen-bond acceptors (Lipinski definition) is 10. The van der Waals surface area contributed by atoms with Crippen LogP contribution in [0.25, 0.3) is 0 Å². The lowest BCUT2D eigenvalue weighted by atomic mass is 9.98. The molecule has 11 nitrogen and oxygen atoms in total. The average molecular weight is 916 g/mol. The SMILES string of the molecule is CCCCCCCCCCCCCCCCCCCCCCCC(O)C(O)C(COC1OC(CO)C(O)C(O)C1O)NC(=O)C(O)CCCCCCCCCCCCCCCCCC. The molecule has 11 heteroatoms. The topological polar surface area (TPSA) is 189 Å². The predicted molar refractivity (Wildman–Crippen MR) is 261 cm³/mol. The van der Waals surface area contributed by atoms with E-state index in [9.17, 15) is 40.5 Å². The molecule has 1 saturated heterocycles. The lowest BCUT2D eigenvalue weighted by Crippen LogP contribution is -2.60. The first-order valence-electron chi connectivity index (χ1n) is 27.4. The summed E-state index contributed by atoms with van der Waals surface area (Å²) in [5, 5.41) is 76.0. The van der Waals surface area contributed by atoms with Gasteiger partial charge in [0.2, 0.25) is 5.91 Å². The monoisotopic (exact) mass is 916 g/mol. The second-order valence-electron chi connectivity index (χ2n) is 19.7. The molecule has 1 aliphatic rings. The Morgan fingerprint density at radius 1 is 0.484 bits per heavy atom. The number of carbonyl (C=O) groups excluding carboxylic acids is 1. The summed E-state index contributed by atoms with van der Waals surface area (Å²) in [6, 6.07) is -1.16. The van der Waals surface area contributed by atoms with Crippen molar-refractivity contribution >= 4 is 5.91 Å². The van der Waals surface area contributed by atoms with Crippen molar-refractivity contribution in [3.05, 3.63) is 0 Å². The summed E-state index contributed by atoms with van der Waals surface area (Å²) in [5.41, 5.74) is 0. The number of hydrogen-bond donors (Lipinski definition) is 8. The van der Waals surface area contributed by atoms with Crippen molar-refractivity contribution in [2.24, 2.45) is 0 Å². The second kappa shape index (κ2) is 43.4. The zero-order valence-electron chi connectivity index (χ0n) is 41.5. The molecule has 64 heavy (non-hydrogen) atoms. The third-order valence-electron chi connectivity index (χ3n) is 13.7. The molecule has 382 valence electrons. The summed E-state index contributed by atoms with van der Waals surface area (Å²) in [6.07, 6.45) is 35.7. The van der Waals surface area contributed by atoms with E-state index in [0.29, 0.717) is 19.3 Å². The summed E-state index contributed by atoms with van der Waals surface area (Å²) in [6.45, 7) is 3.48. The van der Waals surface area contributed by atoms with Crippen molar-refractivity contribution in [1.82, 2.24) is 5.32 Å². The van der Waals surface area contributed by atoms with Crippen molar-refractivity contribution in [2.75, 3.05) is 13.2 Å². The molecule has 9 atom stereocenters. The lowest BCUT2D eigenvalue weighted by Gasteiger charge is -2.40. The van der Waals surface area contributed by atoms with E-state index in [4.69, 9.17) is 9.47 Å². The highest BCUT2D eigenvalue weighted by atomic mass is 16.7. The summed E-state index contributed by atoms with van der Waals surface area (Å²) < 4.78 is 11.1. The Hall–Kier alpha value is -0.890. The van der Waals surface area contributed by atoms with Crippen molar-refractivity contribution in [1.29, 1.82) is 0 Å². The number of nitrogens with one attached hydrogen (secondary N) is 1. The van der Waals surface area contributed by atoms with Gasteiger partial charge in [-0.2, -0.15) is 0 Å². The molecule has 0 saturated carbocycles. The zero-order chi connectivity index (χ0) is 46.9. The molecule has 0 aromatic rings. The molecule has 0 aromatic carbocycles. The van der Waals surface area contributed by atoms with Crippen LogP contribution in [0, 0.1) is 0 Å². The number of aliphatic hydroxyl groups excluding tert-OH is 7. The van der Waals surface area contributed by atoms with Gasteiger partial charge in [-0.3, -0.25) is 4.79 Å². The van der Waals surface area contributed by atoms with Gasteiger partial charge in [0.1, 0.15) is 36.6 Å². The first kappa shape index (κ1) is 61.1. The summed E-state index contributed by atoms with van der Waals surface area (Å²) >= 11 is 0. The number of unbranched alkanes of at least 4 members (excludes halogenated alkanes) is 35. The van der Waals surface area contributed by atoms with Gasteiger partial charge in [0.25, 0.3) is 0 Å². The Bertz CT molecular complexity index is 1010. The van der Waals surface area contributed by atoms with E-state index in [1.165, 1.54) is 186 Å². The third-order valence-corrected chi connectivity index (χ3v) is 13.7. The standard InChI is InChI=1S/C53H105NO10/c1-3-5-7-9-11-13-15-17-19-21-22-23-24-25-27-28-30-32-34-36-38-40-45(56)48(58)44(43-63-53-51(61)50(60)49(59)47(42-55)64-53)54-52(62)46(57)41-39-37-35-33-31-29-26-20-18-16-14-12-10-8-6-4-2/h44-51,53,55-61H,3-43H2,1-2H3,(H,54,62). The summed E-state index contributed by atoms with van der Waals surface area (Å²) in [5.74, 6) is -0.691. The first-order valence-corrected chi connectivity index (χ1v) is 27.4. The fourth-order valence-electron chi connectivity index (χ4n) is 9.15. The lowest BCUT2D eigenvalue weighted by molar-refractivity contribution is -0.303. The number of rotatable bonds is 47. The smallest absolute Gasteiger partial charge is 0.249 e. The van der Waals surface area contributed by atoms with E-state index in [1.807, 2.05) is 0 Å². The Morgan fingerprint density at radius 3 is 1.16 bits per heavy atom. The molecular weight excluding hydrogens is 811 g/mol. The molecule has 0 aliphatic carbocycles. The summed E-state index contributed by atoms with van der Waals surface area (Å²) in [4.78, 5) is 13.1. The van der Waals surface area contributed by atoms with Crippen LogP contribution < -0.4 is 5.32 Å². The molecule has 0 aromatic heterocycles. The van der Waals surface area contributed by atoms with Crippen LogP contribution in [0.3, 0.4) is 0 Å². The minimum atomic E-state index is -1.66. The third kappa shape index (κ3) is 32.0. The van der Waals surface area contributed by atoms with Crippen LogP contribution in [-0.2, 0) is 14.3 Å². The highest BCUT2D eigenvalue weighted by Gasteiger charge is 2.44. The largest absolute Gasteiger partial charge is 0.394 e. The highest BCUT2D eigenvalue weighted by molar-refractivity contribution is 5.80. The molecule has 0 bridgehead atoms. The fourth-order valence-corrected chi connectivity index (χ4v) is 9.15. The van der Waals surface area contributed by atoms with Crippen molar-refractivity contribution in [3.8, 4) is 0 Å². The molecule has 8 N–H and O–H groups in total.